The van der Waals surface area contributed by atoms with E-state index in [-0.39, 0.29) is 51.0 Å². The van der Waals surface area contributed by atoms with Crippen LogP contribution in [0.2, 0.25) is 0 Å². The summed E-state index contributed by atoms with van der Waals surface area (Å²) in [6.45, 7) is 12.0. The fourth-order valence-electron chi connectivity index (χ4n) is 7.34. The van der Waals surface area contributed by atoms with Gasteiger partial charge in [-0.2, -0.15) is 0 Å². The number of likely N-dealkylation sites (tertiary alicyclic amines) is 2. The molecule has 0 aliphatic carbocycles. The van der Waals surface area contributed by atoms with E-state index in [2.05, 4.69) is 27.7 Å². The van der Waals surface area contributed by atoms with Crippen LogP contribution in [0.3, 0.4) is 0 Å². The number of alkyl halides is 2. The summed E-state index contributed by atoms with van der Waals surface area (Å²) in [6, 6.07) is 25.4. The molecule has 4 atom stereocenters. The largest absolute Gasteiger partial charge is 0.493 e. The fourth-order valence-corrected chi connectivity index (χ4v) is 7.34. The first-order valence-corrected chi connectivity index (χ1v) is 22.1. The van der Waals surface area contributed by atoms with Crippen LogP contribution in [0.4, 0.5) is 27.2 Å². The molecule has 0 unspecified atom stereocenters. The lowest BCUT2D eigenvalue weighted by Gasteiger charge is -2.39. The summed E-state index contributed by atoms with van der Waals surface area (Å²) in [6.07, 6.45) is -2.50. The minimum absolute atomic E-state index is 0.0762. The predicted octanol–water partition coefficient (Wildman–Crippen LogP) is 10.1. The van der Waals surface area contributed by atoms with Crippen molar-refractivity contribution in [1.82, 2.24) is 19.6 Å². The molecule has 10 nitrogen and oxygen atoms in total. The Balaban J connectivity index is 0.000000241. The Kier molecular flexibility index (Phi) is 19.1. The third-order valence-corrected chi connectivity index (χ3v) is 11.0. The maximum Gasteiger partial charge on any atom is 0.410 e. The monoisotopic (exact) mass is 892 g/mol. The minimum Gasteiger partial charge on any atom is -0.493 e. The Morgan fingerprint density at radius 1 is 0.562 bits per heavy atom. The molecule has 2 heterocycles. The van der Waals surface area contributed by atoms with E-state index in [1.807, 2.05) is 72.4 Å². The van der Waals surface area contributed by atoms with E-state index in [9.17, 15) is 27.2 Å². The number of nitrogens with zero attached hydrogens (tertiary/aromatic N) is 4. The van der Waals surface area contributed by atoms with Crippen LogP contribution in [0.5, 0.6) is 11.5 Å². The lowest BCUT2D eigenvalue weighted by molar-refractivity contribution is 0.0234. The molecule has 2 fully saturated rings. The fraction of sp³-hybridized carbons (Fsp3) is 0.480. The normalized spacial score (nSPS) is 19.1. The van der Waals surface area contributed by atoms with Gasteiger partial charge in [0.15, 0.2) is 0 Å². The highest BCUT2D eigenvalue weighted by atomic mass is 19.1. The molecule has 6 rings (SSSR count). The minimum atomic E-state index is -1.18. The number of carbonyl (C=O) groups is 2. The standard InChI is InChI=1S/2C25H32F2N2O3/c2*1-18(2)16-31-22-10-6-20(7-11-22)17-32-25(30)29(14-19-4-8-21(26)9-5-19)24-12-13-28(3)15-23(24)27/h2*4-11,18,23-24H,12-17H2,1-3H3/t2*23-,24+/m10/s1. The smallest absolute Gasteiger partial charge is 0.410 e. The van der Waals surface area contributed by atoms with Crippen LogP contribution in [0.1, 0.15) is 62.8 Å². The van der Waals surface area contributed by atoms with E-state index >= 15 is 0 Å². The Hall–Kier alpha value is -5.34. The van der Waals surface area contributed by atoms with Crippen LogP contribution in [0, 0.1) is 23.5 Å². The molecule has 0 N–H and O–H groups in total. The second-order valence-corrected chi connectivity index (χ2v) is 17.6. The van der Waals surface area contributed by atoms with Gasteiger partial charge in [0.25, 0.3) is 0 Å². The number of rotatable bonds is 16. The Bertz CT molecular complexity index is 1860. The van der Waals surface area contributed by atoms with E-state index in [4.69, 9.17) is 18.9 Å². The van der Waals surface area contributed by atoms with Crippen LogP contribution in [-0.4, -0.2) is 110 Å². The van der Waals surface area contributed by atoms with Gasteiger partial charge < -0.3 is 28.7 Å². The van der Waals surface area contributed by atoms with E-state index < -0.39 is 36.6 Å². The number of ether oxygens (including phenoxy) is 4. The van der Waals surface area contributed by atoms with Gasteiger partial charge in [-0.1, -0.05) is 76.2 Å². The Morgan fingerprint density at radius 2 is 0.891 bits per heavy atom. The highest BCUT2D eigenvalue weighted by molar-refractivity contribution is 5.69. The van der Waals surface area contributed by atoms with Crippen LogP contribution in [-0.2, 0) is 35.8 Å². The van der Waals surface area contributed by atoms with E-state index in [1.165, 1.54) is 34.1 Å². The molecule has 0 bridgehead atoms. The molecule has 64 heavy (non-hydrogen) atoms. The number of benzene rings is 4. The Labute approximate surface area is 376 Å². The van der Waals surface area contributed by atoms with Gasteiger partial charge in [-0.25, -0.2) is 27.2 Å². The van der Waals surface area contributed by atoms with Crippen LogP contribution in [0.15, 0.2) is 97.1 Å². The predicted molar refractivity (Wildman–Crippen MR) is 239 cm³/mol. The van der Waals surface area contributed by atoms with Crippen LogP contribution < -0.4 is 9.47 Å². The van der Waals surface area contributed by atoms with Gasteiger partial charge in [0.1, 0.15) is 48.7 Å². The third kappa shape index (κ3) is 16.0. The van der Waals surface area contributed by atoms with Crippen molar-refractivity contribution in [2.45, 2.75) is 91.3 Å². The summed E-state index contributed by atoms with van der Waals surface area (Å²) in [5, 5.41) is 0. The highest BCUT2D eigenvalue weighted by Gasteiger charge is 2.37. The quantitative estimate of drug-likeness (QED) is 0.103. The topological polar surface area (TPSA) is 84.0 Å². The third-order valence-electron chi connectivity index (χ3n) is 11.0. The molecule has 0 saturated carbocycles. The van der Waals surface area contributed by atoms with Crippen molar-refractivity contribution in [3.8, 4) is 11.5 Å². The zero-order valence-corrected chi connectivity index (χ0v) is 37.9. The molecular formula is C50H64F4N4O6. The summed E-state index contributed by atoms with van der Waals surface area (Å²) in [5.74, 6) is 1.68. The molecular weight excluding hydrogens is 829 g/mol. The first-order chi connectivity index (χ1) is 30.6. The molecule has 0 aromatic heterocycles. The molecule has 348 valence electrons. The van der Waals surface area contributed by atoms with Gasteiger partial charge >= 0.3 is 12.2 Å². The van der Waals surface area contributed by atoms with Crippen molar-refractivity contribution in [3.05, 3.63) is 131 Å². The van der Waals surface area contributed by atoms with Gasteiger partial charge in [-0.05, 0) is 110 Å². The molecule has 2 aliphatic heterocycles. The molecule has 2 aliphatic rings. The van der Waals surface area contributed by atoms with Gasteiger partial charge in [0.05, 0.1) is 25.3 Å². The maximum absolute atomic E-state index is 14.8. The van der Waals surface area contributed by atoms with Crippen molar-refractivity contribution in [2.24, 2.45) is 11.8 Å². The number of amides is 2. The van der Waals surface area contributed by atoms with E-state index in [0.717, 1.165) is 33.8 Å². The number of hydrogen-bond acceptors (Lipinski definition) is 8. The maximum atomic E-state index is 14.8. The number of carbonyl (C=O) groups excluding carboxylic acids is 2. The molecule has 4 aromatic rings. The zero-order valence-electron chi connectivity index (χ0n) is 37.9. The molecule has 14 heteroatoms. The van der Waals surface area contributed by atoms with Gasteiger partial charge in [0.2, 0.25) is 0 Å². The summed E-state index contributed by atoms with van der Waals surface area (Å²) in [4.78, 5) is 32.7. The average molecular weight is 893 g/mol. The molecule has 0 spiro atoms. The number of piperidine rings is 2. The number of halogens is 4. The second-order valence-electron chi connectivity index (χ2n) is 17.6. The molecule has 0 radical (unpaired) electrons. The Morgan fingerprint density at radius 3 is 1.20 bits per heavy atom. The van der Waals surface area contributed by atoms with Crippen LogP contribution >= 0.6 is 0 Å². The van der Waals surface area contributed by atoms with Crippen molar-refractivity contribution in [3.63, 3.8) is 0 Å². The van der Waals surface area contributed by atoms with Crippen molar-refractivity contribution in [1.29, 1.82) is 0 Å². The average Bonchev–Trinajstić information content (AvgIpc) is 3.27. The zero-order chi connectivity index (χ0) is 46.2. The van der Waals surface area contributed by atoms with Crippen molar-refractivity contribution < 1.29 is 46.1 Å². The SMILES string of the molecule is CC(C)COc1ccc(COC(=O)N(Cc2ccc(F)cc2)[C@@H]2CCN(C)C[C@@H]2F)cc1.CC(C)COc1ccc(COC(=O)N(Cc2ccc(F)cc2)[C@H]2CCN(C)C[C@H]2F)cc1. The summed E-state index contributed by atoms with van der Waals surface area (Å²) in [5.41, 5.74) is 3.08. The van der Waals surface area contributed by atoms with Gasteiger partial charge in [0, 0.05) is 39.3 Å². The first kappa shape index (κ1) is 49.7. The number of hydrogen-bond donors (Lipinski definition) is 0. The summed E-state index contributed by atoms with van der Waals surface area (Å²) < 4.78 is 78.7. The van der Waals surface area contributed by atoms with E-state index in [1.54, 1.807) is 24.3 Å². The summed E-state index contributed by atoms with van der Waals surface area (Å²) >= 11 is 0. The van der Waals surface area contributed by atoms with Gasteiger partial charge in [-0.3, -0.25) is 9.80 Å². The molecule has 2 amide bonds. The van der Waals surface area contributed by atoms with Crippen LogP contribution in [0.25, 0.3) is 0 Å². The second kappa shape index (κ2) is 24.6. The lowest BCUT2D eigenvalue weighted by Crippen LogP contribution is -2.53. The highest BCUT2D eigenvalue weighted by Crippen LogP contribution is 2.25. The summed E-state index contributed by atoms with van der Waals surface area (Å²) in [7, 11) is 3.72. The molecule has 4 aromatic carbocycles. The van der Waals surface area contributed by atoms with Crippen molar-refractivity contribution >= 4 is 12.2 Å². The van der Waals surface area contributed by atoms with E-state index in [0.29, 0.717) is 51.0 Å². The molecule has 2 saturated heterocycles. The first-order valence-electron chi connectivity index (χ1n) is 22.1. The van der Waals surface area contributed by atoms with Gasteiger partial charge in [-0.15, -0.1) is 0 Å². The van der Waals surface area contributed by atoms with Crippen molar-refractivity contribution in [2.75, 3.05) is 53.5 Å². The lowest BCUT2D eigenvalue weighted by atomic mass is 10.0.